The molecule has 0 N–H and O–H groups in total. The van der Waals surface area contributed by atoms with Gasteiger partial charge in [0, 0.05) is 62.1 Å². The van der Waals surface area contributed by atoms with E-state index in [1.165, 1.54) is 4.31 Å². The smallest absolute Gasteiger partial charge is 0.416 e. The van der Waals surface area contributed by atoms with E-state index >= 15 is 0 Å². The van der Waals surface area contributed by atoms with Crippen molar-refractivity contribution in [1.82, 2.24) is 24.2 Å². The van der Waals surface area contributed by atoms with E-state index < -0.39 is 34.0 Å². The van der Waals surface area contributed by atoms with Crippen LogP contribution in [-0.4, -0.2) is 89.2 Å². The van der Waals surface area contributed by atoms with Gasteiger partial charge in [-0.15, -0.1) is 0 Å². The van der Waals surface area contributed by atoms with E-state index in [0.717, 1.165) is 21.6 Å². The molecule has 216 valence electrons. The predicted molar refractivity (Wildman–Crippen MR) is 153 cm³/mol. The van der Waals surface area contributed by atoms with Gasteiger partial charge in [0.05, 0.1) is 17.7 Å². The van der Waals surface area contributed by atoms with Crippen molar-refractivity contribution in [3.05, 3.63) is 72.8 Å². The maximum atomic E-state index is 13.6. The number of sulfonamides is 1. The lowest BCUT2D eigenvalue weighted by molar-refractivity contribution is -0.134. The normalized spacial score (nSPS) is 18.9. The summed E-state index contributed by atoms with van der Waals surface area (Å²) >= 11 is 0. The maximum absolute atomic E-state index is 13.6. The first kappa shape index (κ1) is 28.6. The first-order valence-corrected chi connectivity index (χ1v) is 15.3. The average Bonchev–Trinajstić information content (AvgIpc) is 3.36. The zero-order valence-electron chi connectivity index (χ0n) is 23.2. The van der Waals surface area contributed by atoms with Crippen molar-refractivity contribution >= 4 is 28.0 Å². The SMILES string of the molecule is CC(C)C(CS(=O)(=O)N1CCN(c2ncc(-c3cccnc3)cn2)CC1)C(=O)N1C(=O)OCC1Cc1ccccc1. The zero-order chi connectivity index (χ0) is 29.0. The van der Waals surface area contributed by atoms with Gasteiger partial charge in [0.1, 0.15) is 6.61 Å². The van der Waals surface area contributed by atoms with Crippen molar-refractivity contribution in [1.29, 1.82) is 0 Å². The van der Waals surface area contributed by atoms with E-state index in [-0.39, 0.29) is 31.4 Å². The number of cyclic esters (lactones) is 1. The molecular formula is C29H34N6O5S. The maximum Gasteiger partial charge on any atom is 0.416 e. The molecule has 2 aromatic heterocycles. The number of piperazine rings is 1. The largest absolute Gasteiger partial charge is 0.447 e. The summed E-state index contributed by atoms with van der Waals surface area (Å²) in [7, 11) is -3.79. The van der Waals surface area contributed by atoms with E-state index in [2.05, 4.69) is 15.0 Å². The summed E-state index contributed by atoms with van der Waals surface area (Å²) in [4.78, 5) is 42.4. The minimum absolute atomic E-state index is 0.0876. The number of hydrogen-bond donors (Lipinski definition) is 0. The molecule has 11 nitrogen and oxygen atoms in total. The highest BCUT2D eigenvalue weighted by Gasteiger charge is 2.43. The van der Waals surface area contributed by atoms with E-state index in [0.29, 0.717) is 25.5 Å². The summed E-state index contributed by atoms with van der Waals surface area (Å²) < 4.78 is 33.6. The zero-order valence-corrected chi connectivity index (χ0v) is 24.0. The van der Waals surface area contributed by atoms with Crippen LogP contribution in [0.4, 0.5) is 10.7 Å². The van der Waals surface area contributed by atoms with Gasteiger partial charge in [-0.2, -0.15) is 4.31 Å². The highest BCUT2D eigenvalue weighted by molar-refractivity contribution is 7.89. The number of ether oxygens (including phenoxy) is 1. The third kappa shape index (κ3) is 6.54. The second kappa shape index (κ2) is 12.3. The molecule has 1 aromatic carbocycles. The van der Waals surface area contributed by atoms with Crippen LogP contribution >= 0.6 is 0 Å². The standard InChI is InChI=1S/C29H34N6O5S/c1-21(2)26(27(36)35-25(19-40-29(35)37)15-22-7-4-3-5-8-22)20-41(38,39)34-13-11-33(12-14-34)28-31-17-24(18-32-28)23-9-6-10-30-16-23/h3-10,16-18,21,25-26H,11-15,19-20H2,1-2H3. The third-order valence-corrected chi connectivity index (χ3v) is 9.50. The summed E-state index contributed by atoms with van der Waals surface area (Å²) in [5.74, 6) is -1.53. The molecule has 2 unspecified atom stereocenters. The van der Waals surface area contributed by atoms with Gasteiger partial charge >= 0.3 is 6.09 Å². The lowest BCUT2D eigenvalue weighted by Crippen LogP contribution is -2.52. The number of amides is 2. The number of pyridine rings is 1. The average molecular weight is 579 g/mol. The number of imide groups is 1. The number of rotatable bonds is 9. The summed E-state index contributed by atoms with van der Waals surface area (Å²) in [6.45, 7) is 5.03. The van der Waals surface area contributed by atoms with Crippen LogP contribution in [0.1, 0.15) is 19.4 Å². The molecular weight excluding hydrogens is 544 g/mol. The Hall–Kier alpha value is -3.90. The van der Waals surface area contributed by atoms with Crippen LogP contribution in [0.2, 0.25) is 0 Å². The lowest BCUT2D eigenvalue weighted by atomic mass is 9.95. The van der Waals surface area contributed by atoms with Crippen LogP contribution in [-0.2, 0) is 26.0 Å². The molecule has 0 aliphatic carbocycles. The van der Waals surface area contributed by atoms with Gasteiger partial charge in [0.15, 0.2) is 0 Å². The number of anilines is 1. The van der Waals surface area contributed by atoms with Gasteiger partial charge in [-0.3, -0.25) is 9.78 Å². The fraction of sp³-hybridized carbons (Fsp3) is 0.414. The molecule has 0 radical (unpaired) electrons. The summed E-state index contributed by atoms with van der Waals surface area (Å²) in [5, 5.41) is 0. The molecule has 0 spiro atoms. The van der Waals surface area contributed by atoms with Gasteiger partial charge in [-0.1, -0.05) is 50.2 Å². The van der Waals surface area contributed by atoms with E-state index in [9.17, 15) is 18.0 Å². The minimum atomic E-state index is -3.79. The quantitative estimate of drug-likeness (QED) is 0.377. The second-order valence-corrected chi connectivity index (χ2v) is 12.7. The summed E-state index contributed by atoms with van der Waals surface area (Å²) in [5.41, 5.74) is 2.73. The van der Waals surface area contributed by atoms with E-state index in [4.69, 9.17) is 4.74 Å². The van der Waals surface area contributed by atoms with Crippen molar-refractivity contribution in [2.24, 2.45) is 11.8 Å². The fourth-order valence-corrected chi connectivity index (χ4v) is 7.07. The van der Waals surface area contributed by atoms with Crippen LogP contribution in [0.15, 0.2) is 67.3 Å². The van der Waals surface area contributed by atoms with Crippen molar-refractivity contribution in [2.75, 3.05) is 43.4 Å². The molecule has 2 atom stereocenters. The van der Waals surface area contributed by atoms with Gasteiger partial charge in [-0.05, 0) is 24.0 Å². The summed E-state index contributed by atoms with van der Waals surface area (Å²) in [6.07, 6.45) is 6.64. The molecule has 2 amide bonds. The number of nitrogens with zero attached hydrogens (tertiary/aromatic N) is 6. The van der Waals surface area contributed by atoms with Gasteiger partial charge < -0.3 is 9.64 Å². The predicted octanol–water partition coefficient (Wildman–Crippen LogP) is 2.85. The number of benzene rings is 1. The monoisotopic (exact) mass is 578 g/mol. The first-order valence-electron chi connectivity index (χ1n) is 13.7. The summed E-state index contributed by atoms with van der Waals surface area (Å²) in [6, 6.07) is 12.8. The fourth-order valence-electron chi connectivity index (χ4n) is 5.16. The number of hydrogen-bond acceptors (Lipinski definition) is 9. The highest BCUT2D eigenvalue weighted by Crippen LogP contribution is 2.26. The Morgan fingerprint density at radius 2 is 1.68 bits per heavy atom. The number of carbonyl (C=O) groups is 2. The van der Waals surface area contributed by atoms with E-state index in [1.54, 1.807) is 38.6 Å². The Morgan fingerprint density at radius 1 is 0.976 bits per heavy atom. The molecule has 41 heavy (non-hydrogen) atoms. The van der Waals surface area contributed by atoms with E-state index in [1.807, 2.05) is 47.4 Å². The Bertz CT molecular complexity index is 1450. The molecule has 4 heterocycles. The van der Waals surface area contributed by atoms with Crippen LogP contribution in [0.3, 0.4) is 0 Å². The van der Waals surface area contributed by atoms with Crippen molar-refractivity contribution in [3.63, 3.8) is 0 Å². The molecule has 2 aliphatic rings. The van der Waals surface area contributed by atoms with Crippen molar-refractivity contribution in [2.45, 2.75) is 26.3 Å². The number of carbonyl (C=O) groups excluding carboxylic acids is 2. The van der Waals surface area contributed by atoms with Gasteiger partial charge in [-0.25, -0.2) is 28.1 Å². The Balaban J connectivity index is 1.22. The molecule has 0 bridgehead atoms. The molecule has 2 saturated heterocycles. The third-order valence-electron chi connectivity index (χ3n) is 7.57. The van der Waals surface area contributed by atoms with Crippen LogP contribution in [0.5, 0.6) is 0 Å². The molecule has 3 aromatic rings. The molecule has 0 saturated carbocycles. The first-order chi connectivity index (χ1) is 19.7. The Labute approximate surface area is 240 Å². The lowest BCUT2D eigenvalue weighted by Gasteiger charge is -2.35. The second-order valence-electron chi connectivity index (χ2n) is 10.7. The topological polar surface area (TPSA) is 126 Å². The highest BCUT2D eigenvalue weighted by atomic mass is 32.2. The Kier molecular flexibility index (Phi) is 8.60. The van der Waals surface area contributed by atoms with Crippen molar-refractivity contribution in [3.8, 4) is 11.1 Å². The van der Waals surface area contributed by atoms with Gasteiger partial charge in [0.2, 0.25) is 21.9 Å². The molecule has 2 aliphatic heterocycles. The van der Waals surface area contributed by atoms with Crippen molar-refractivity contribution < 1.29 is 22.7 Å². The Morgan fingerprint density at radius 3 is 2.32 bits per heavy atom. The molecule has 2 fully saturated rings. The minimum Gasteiger partial charge on any atom is -0.447 e. The van der Waals surface area contributed by atoms with Crippen LogP contribution < -0.4 is 4.90 Å². The van der Waals surface area contributed by atoms with Crippen LogP contribution in [0.25, 0.3) is 11.1 Å². The molecule has 12 heteroatoms. The van der Waals surface area contributed by atoms with Gasteiger partial charge in [0.25, 0.3) is 0 Å². The number of aromatic nitrogens is 3. The molecule has 5 rings (SSSR count). The van der Waals surface area contributed by atoms with Crippen LogP contribution in [0, 0.1) is 11.8 Å².